The highest BCUT2D eigenvalue weighted by atomic mass is 32.7. The number of nitrogens with zero attached hydrogens (tertiary/aromatic N) is 5. The van der Waals surface area contributed by atoms with E-state index in [1.54, 1.807) is 13.8 Å². The lowest BCUT2D eigenvalue weighted by Crippen LogP contribution is -2.37. The molecule has 3 aromatic heterocycles. The molecule has 0 aromatic carbocycles. The molecule has 6 rings (SSSR count). The second-order valence-electron chi connectivity index (χ2n) is 11.1. The van der Waals surface area contributed by atoms with Crippen LogP contribution in [0.4, 0.5) is 19.4 Å². The Balaban J connectivity index is 1.33. The van der Waals surface area contributed by atoms with Crippen LogP contribution in [0.15, 0.2) is 34.5 Å². The van der Waals surface area contributed by atoms with Gasteiger partial charge in [-0.25, -0.2) is 42.5 Å². The summed E-state index contributed by atoms with van der Waals surface area (Å²) in [4.78, 5) is 60.7. The molecule has 3 aromatic rings. The molecule has 21 nitrogen and oxygen atoms in total. The van der Waals surface area contributed by atoms with Gasteiger partial charge in [-0.05, 0) is 13.8 Å². The van der Waals surface area contributed by atoms with Crippen molar-refractivity contribution in [3.63, 3.8) is 0 Å². The fraction of sp³-hybridized carbons (Fsp3) is 0.583. The molecule has 2 bridgehead atoms. The zero-order valence-corrected chi connectivity index (χ0v) is 28.4. The highest BCUT2D eigenvalue weighted by molar-refractivity contribution is 8.55. The van der Waals surface area contributed by atoms with Gasteiger partial charge in [-0.15, -0.1) is 0 Å². The molecular formula is C24H29F2N7O14P2S. The minimum absolute atomic E-state index is 0.0293. The fourth-order valence-corrected chi connectivity index (χ4v) is 8.87. The Morgan fingerprint density at radius 3 is 2.56 bits per heavy atom. The van der Waals surface area contributed by atoms with E-state index in [4.69, 9.17) is 42.8 Å². The number of nitrogen functional groups attached to an aromatic ring is 1. The van der Waals surface area contributed by atoms with Gasteiger partial charge in [-0.3, -0.25) is 37.0 Å². The predicted molar refractivity (Wildman–Crippen MR) is 163 cm³/mol. The Morgan fingerprint density at radius 2 is 1.82 bits per heavy atom. The van der Waals surface area contributed by atoms with Crippen molar-refractivity contribution in [2.24, 2.45) is 0 Å². The first-order valence-corrected chi connectivity index (χ1v) is 19.2. The molecular weight excluding hydrogens is 742 g/mol. The van der Waals surface area contributed by atoms with Crippen LogP contribution in [0.25, 0.3) is 11.2 Å². The molecule has 26 heteroatoms. The number of H-pyrrole nitrogens is 1. The molecule has 2 unspecified atom stereocenters. The van der Waals surface area contributed by atoms with Crippen LogP contribution in [-0.2, 0) is 46.2 Å². The molecule has 3 aliphatic heterocycles. The Labute approximate surface area is 282 Å². The first-order chi connectivity index (χ1) is 23.6. The molecule has 0 aliphatic carbocycles. The monoisotopic (exact) mass is 771 g/mol. The summed E-state index contributed by atoms with van der Waals surface area (Å²) in [5, 5.41) is 0. The SMILES string of the molecule is CC(C)OC(=O)OCSP1(=O)OC[C@H]2O[C@@H](n3ccc(=O)[nH]c3=O)[C@H](OP(=O)(O)OC[C@H]3O[C@@H](n4cnc5c(N)ncnc54)[C@H](F)[C@@H]3O1)[C@@H]2F. The number of alkyl halides is 2. The summed E-state index contributed by atoms with van der Waals surface area (Å²) in [7, 11) is -5.29. The molecule has 3 fully saturated rings. The number of imidazole rings is 1. The van der Waals surface area contributed by atoms with E-state index in [-0.39, 0.29) is 28.4 Å². The topological polar surface area (TPSA) is 270 Å². The number of phosphoric ester groups is 1. The first-order valence-electron chi connectivity index (χ1n) is 14.5. The molecule has 6 heterocycles. The second kappa shape index (κ2) is 14.4. The first kappa shape index (κ1) is 36.5. The maximum Gasteiger partial charge on any atom is 0.509 e. The minimum atomic E-state index is -5.29. The van der Waals surface area contributed by atoms with Crippen molar-refractivity contribution in [3.8, 4) is 0 Å². The normalized spacial score (nSPS) is 34.8. The lowest BCUT2D eigenvalue weighted by molar-refractivity contribution is -0.0652. The van der Waals surface area contributed by atoms with Crippen LogP contribution in [-0.4, -0.2) is 102 Å². The predicted octanol–water partition coefficient (Wildman–Crippen LogP) is 1.71. The van der Waals surface area contributed by atoms with E-state index in [1.807, 2.05) is 4.98 Å². The van der Waals surface area contributed by atoms with Crippen molar-refractivity contribution >= 4 is 49.1 Å². The molecule has 0 amide bonds. The van der Waals surface area contributed by atoms with Gasteiger partial charge < -0.3 is 29.6 Å². The second-order valence-corrected chi connectivity index (χ2v) is 16.5. The smallest absolute Gasteiger partial charge is 0.432 e. The third-order valence-corrected chi connectivity index (χ3v) is 11.7. The zero-order valence-electron chi connectivity index (χ0n) is 25.8. The van der Waals surface area contributed by atoms with E-state index in [1.165, 1.54) is 0 Å². The number of nitrogens with two attached hydrogens (primary N) is 1. The third-order valence-electron chi connectivity index (χ3n) is 7.34. The van der Waals surface area contributed by atoms with E-state index < -0.39 is 106 Å². The minimum Gasteiger partial charge on any atom is -0.432 e. The van der Waals surface area contributed by atoms with Crippen LogP contribution >= 0.6 is 26.0 Å². The molecule has 274 valence electrons. The maximum atomic E-state index is 16.3. The summed E-state index contributed by atoms with van der Waals surface area (Å²) in [6, 6.07) is 0.903. The van der Waals surface area contributed by atoms with Gasteiger partial charge in [0, 0.05) is 23.6 Å². The molecule has 50 heavy (non-hydrogen) atoms. The Morgan fingerprint density at radius 1 is 1.08 bits per heavy atom. The van der Waals surface area contributed by atoms with Crippen LogP contribution in [0.1, 0.15) is 26.3 Å². The standard InChI is InChI=1S/C24H29F2N7O14P2S/c1-10(2)43-24(36)40-9-50-49(39)42-5-11-14(25)18(22(44-11)32-4-3-13(34)31-23(32)35)46-48(37,38)41-6-12-17(47-49)15(26)21(45-12)33-8-30-16-19(27)28-7-29-20(16)33/h3-4,7-8,10-12,14-15,17-18,21-22H,5-6,9H2,1-2H3,(H,37,38)(H2,27,28,29)(H,31,34,35)/t11-,12-,14-,15-,17-,18-,21-,22-,49?/m1/s1. The number of anilines is 1. The summed E-state index contributed by atoms with van der Waals surface area (Å²) in [5.41, 5.74) is 4.09. The number of ether oxygens (including phenoxy) is 4. The lowest BCUT2D eigenvalue weighted by atomic mass is 10.1. The number of nitrogens with one attached hydrogen (secondary N) is 1. The molecule has 3 saturated heterocycles. The van der Waals surface area contributed by atoms with Crippen molar-refractivity contribution in [1.29, 1.82) is 0 Å². The van der Waals surface area contributed by atoms with Gasteiger partial charge >= 0.3 is 26.5 Å². The summed E-state index contributed by atoms with van der Waals surface area (Å²) < 4.78 is 104. The summed E-state index contributed by atoms with van der Waals surface area (Å²) in [6.07, 6.45) is -13.9. The van der Waals surface area contributed by atoms with Gasteiger partial charge in [0.1, 0.15) is 36.3 Å². The van der Waals surface area contributed by atoms with E-state index >= 15 is 8.78 Å². The van der Waals surface area contributed by atoms with E-state index in [2.05, 4.69) is 15.0 Å². The molecule has 0 saturated carbocycles. The van der Waals surface area contributed by atoms with E-state index in [0.29, 0.717) is 4.57 Å². The largest absolute Gasteiger partial charge is 0.509 e. The van der Waals surface area contributed by atoms with Crippen molar-refractivity contribution in [3.05, 3.63) is 45.8 Å². The summed E-state index contributed by atoms with van der Waals surface area (Å²) >= 11 is 0.254. The summed E-state index contributed by atoms with van der Waals surface area (Å²) in [5.74, 6) is -0.754. The number of rotatable bonds is 6. The highest BCUT2D eigenvalue weighted by Crippen LogP contribution is 2.64. The molecule has 0 spiro atoms. The fourth-order valence-electron chi connectivity index (χ4n) is 5.16. The van der Waals surface area contributed by atoms with Crippen molar-refractivity contribution < 1.29 is 64.6 Å². The molecule has 4 N–H and O–H groups in total. The zero-order chi connectivity index (χ0) is 36.0. The Bertz CT molecular complexity index is 1950. The van der Waals surface area contributed by atoms with Gasteiger partial charge in [0.15, 0.2) is 42.2 Å². The lowest BCUT2D eigenvalue weighted by Gasteiger charge is -2.26. The quantitative estimate of drug-likeness (QED) is 0.183. The van der Waals surface area contributed by atoms with Crippen LogP contribution in [0, 0.1) is 0 Å². The van der Waals surface area contributed by atoms with Crippen molar-refractivity contribution in [2.45, 2.75) is 69.2 Å². The average molecular weight is 772 g/mol. The van der Waals surface area contributed by atoms with E-state index in [0.717, 1.165) is 29.5 Å². The number of fused-ring (bicyclic) bond motifs is 4. The number of carbonyl (C=O) groups is 1. The van der Waals surface area contributed by atoms with E-state index in [9.17, 15) is 28.4 Å². The van der Waals surface area contributed by atoms with Gasteiger partial charge in [0.25, 0.3) is 5.56 Å². The van der Waals surface area contributed by atoms with Gasteiger partial charge in [0.2, 0.25) is 0 Å². The Kier molecular flexibility index (Phi) is 10.5. The number of hydrogen-bond acceptors (Lipinski definition) is 18. The van der Waals surface area contributed by atoms with Gasteiger partial charge in [-0.1, -0.05) is 0 Å². The molecule has 10 atom stereocenters. The van der Waals surface area contributed by atoms with Crippen LogP contribution in [0.3, 0.4) is 0 Å². The van der Waals surface area contributed by atoms with Crippen LogP contribution in [0.5, 0.6) is 0 Å². The highest BCUT2D eigenvalue weighted by Gasteiger charge is 2.55. The number of aromatic amines is 1. The third kappa shape index (κ3) is 7.64. The Hall–Kier alpha value is -3.31. The number of aromatic nitrogens is 6. The number of halogens is 2. The van der Waals surface area contributed by atoms with Crippen molar-refractivity contribution in [1.82, 2.24) is 29.1 Å². The number of hydrogen-bond donors (Lipinski definition) is 3. The van der Waals surface area contributed by atoms with Crippen LogP contribution in [0.2, 0.25) is 0 Å². The number of phosphoric acid groups is 1. The van der Waals surface area contributed by atoms with Gasteiger partial charge in [-0.2, -0.15) is 0 Å². The van der Waals surface area contributed by atoms with Gasteiger partial charge in [0.05, 0.1) is 25.6 Å². The van der Waals surface area contributed by atoms with Crippen LogP contribution < -0.4 is 17.0 Å². The maximum absolute atomic E-state index is 16.3. The van der Waals surface area contributed by atoms with Crippen molar-refractivity contribution in [2.75, 3.05) is 24.9 Å². The molecule has 0 radical (unpaired) electrons. The molecule has 3 aliphatic rings. The number of carbonyl (C=O) groups excluding carboxylic acids is 1. The summed E-state index contributed by atoms with van der Waals surface area (Å²) in [6.45, 7) is -3.54. The average Bonchev–Trinajstić information content (AvgIpc) is 3.69.